The van der Waals surface area contributed by atoms with Gasteiger partial charge in [0.1, 0.15) is 5.75 Å². The second-order valence-electron chi connectivity index (χ2n) is 5.01. The first-order chi connectivity index (χ1) is 10.0. The molecule has 0 radical (unpaired) electrons. The number of anilines is 1. The molecule has 3 rings (SSSR count). The van der Waals surface area contributed by atoms with E-state index in [0.29, 0.717) is 17.4 Å². The molecule has 2 aromatic carbocycles. The number of phenols is 1. The van der Waals surface area contributed by atoms with E-state index in [2.05, 4.69) is 10.1 Å². The van der Waals surface area contributed by atoms with Crippen molar-refractivity contribution in [2.45, 2.75) is 13.8 Å². The number of benzene rings is 2. The van der Waals surface area contributed by atoms with E-state index in [0.717, 1.165) is 22.3 Å². The summed E-state index contributed by atoms with van der Waals surface area (Å²) in [6, 6.07) is 10.6. The highest BCUT2D eigenvalue weighted by Crippen LogP contribution is 2.30. The van der Waals surface area contributed by atoms with Crippen LogP contribution in [0, 0.1) is 13.8 Å². The Hall–Kier alpha value is -2.82. The maximum atomic E-state index is 9.30. The Morgan fingerprint density at radius 2 is 1.81 bits per heavy atom. The molecule has 0 saturated carbocycles. The van der Waals surface area contributed by atoms with Gasteiger partial charge in [-0.15, -0.1) is 0 Å². The third kappa shape index (κ3) is 2.45. The van der Waals surface area contributed by atoms with Crippen LogP contribution in [-0.4, -0.2) is 15.2 Å². The Balaban J connectivity index is 2.04. The standard InChI is InChI=1S/C16H15N3O2/c1-9-7-10(2)14(17)13(8-9)16-18-15(19-21-16)11-3-5-12(20)6-4-11/h3-8,20H,17H2,1-2H3. The van der Waals surface area contributed by atoms with E-state index in [4.69, 9.17) is 10.3 Å². The predicted molar refractivity (Wildman–Crippen MR) is 80.7 cm³/mol. The second-order valence-corrected chi connectivity index (χ2v) is 5.01. The van der Waals surface area contributed by atoms with Crippen molar-refractivity contribution in [1.82, 2.24) is 10.1 Å². The molecule has 0 unspecified atom stereocenters. The average molecular weight is 281 g/mol. The smallest absolute Gasteiger partial charge is 0.260 e. The molecule has 0 aliphatic heterocycles. The van der Waals surface area contributed by atoms with E-state index in [9.17, 15) is 5.11 Å². The molecule has 0 atom stereocenters. The Morgan fingerprint density at radius 3 is 2.52 bits per heavy atom. The highest BCUT2D eigenvalue weighted by atomic mass is 16.5. The summed E-state index contributed by atoms with van der Waals surface area (Å²) in [5, 5.41) is 13.3. The van der Waals surface area contributed by atoms with Crippen LogP contribution in [0.1, 0.15) is 11.1 Å². The van der Waals surface area contributed by atoms with Gasteiger partial charge in [0.05, 0.1) is 5.56 Å². The number of aromatic nitrogens is 2. The van der Waals surface area contributed by atoms with Crippen LogP contribution in [0.25, 0.3) is 22.8 Å². The molecule has 0 aliphatic rings. The molecule has 21 heavy (non-hydrogen) atoms. The summed E-state index contributed by atoms with van der Waals surface area (Å²) in [4.78, 5) is 4.38. The molecule has 0 amide bonds. The number of hydrogen-bond acceptors (Lipinski definition) is 5. The number of phenolic OH excluding ortho intramolecular Hbond substituents is 1. The van der Waals surface area contributed by atoms with Crippen LogP contribution < -0.4 is 5.73 Å². The summed E-state index contributed by atoms with van der Waals surface area (Å²) in [6.45, 7) is 3.94. The van der Waals surface area contributed by atoms with E-state index in [1.54, 1.807) is 24.3 Å². The molecular formula is C16H15N3O2. The van der Waals surface area contributed by atoms with E-state index in [1.807, 2.05) is 26.0 Å². The fourth-order valence-electron chi connectivity index (χ4n) is 2.22. The number of nitrogens with zero attached hydrogens (tertiary/aromatic N) is 2. The zero-order valence-corrected chi connectivity index (χ0v) is 11.8. The van der Waals surface area contributed by atoms with E-state index in [-0.39, 0.29) is 5.75 Å². The summed E-state index contributed by atoms with van der Waals surface area (Å²) in [5.41, 5.74) is 10.3. The molecule has 5 heteroatoms. The molecule has 0 fully saturated rings. The quantitative estimate of drug-likeness (QED) is 0.704. The molecule has 0 aliphatic carbocycles. The van der Waals surface area contributed by atoms with E-state index < -0.39 is 0 Å². The van der Waals surface area contributed by atoms with Crippen LogP contribution >= 0.6 is 0 Å². The van der Waals surface area contributed by atoms with E-state index in [1.165, 1.54) is 0 Å². The van der Waals surface area contributed by atoms with Gasteiger partial charge in [-0.3, -0.25) is 0 Å². The lowest BCUT2D eigenvalue weighted by atomic mass is 10.0. The number of nitrogen functional groups attached to an aromatic ring is 1. The topological polar surface area (TPSA) is 85.2 Å². The van der Waals surface area contributed by atoms with Gasteiger partial charge in [-0.25, -0.2) is 0 Å². The van der Waals surface area contributed by atoms with Crippen molar-refractivity contribution in [3.05, 3.63) is 47.5 Å². The van der Waals surface area contributed by atoms with Crippen LogP contribution in [0.5, 0.6) is 5.75 Å². The first-order valence-corrected chi connectivity index (χ1v) is 6.55. The van der Waals surface area contributed by atoms with Gasteiger partial charge < -0.3 is 15.4 Å². The Kier molecular flexibility index (Phi) is 3.10. The normalized spacial score (nSPS) is 10.8. The average Bonchev–Trinajstić information content (AvgIpc) is 2.93. The third-order valence-electron chi connectivity index (χ3n) is 3.31. The van der Waals surface area contributed by atoms with Gasteiger partial charge in [-0.2, -0.15) is 4.98 Å². The molecule has 5 nitrogen and oxygen atoms in total. The third-order valence-corrected chi connectivity index (χ3v) is 3.31. The SMILES string of the molecule is Cc1cc(C)c(N)c(-c2nc(-c3ccc(O)cc3)no2)c1. The minimum Gasteiger partial charge on any atom is -0.508 e. The lowest BCUT2D eigenvalue weighted by Gasteiger charge is -2.06. The van der Waals surface area contributed by atoms with Crippen LogP contribution in [0.15, 0.2) is 40.9 Å². The Bertz CT molecular complexity index is 792. The van der Waals surface area contributed by atoms with Crippen LogP contribution in [0.3, 0.4) is 0 Å². The zero-order valence-electron chi connectivity index (χ0n) is 11.8. The summed E-state index contributed by atoms with van der Waals surface area (Å²) >= 11 is 0. The van der Waals surface area contributed by atoms with Gasteiger partial charge in [-0.1, -0.05) is 11.2 Å². The van der Waals surface area contributed by atoms with Crippen molar-refractivity contribution in [2.24, 2.45) is 0 Å². The van der Waals surface area contributed by atoms with Crippen LogP contribution in [0.4, 0.5) is 5.69 Å². The molecule has 106 valence electrons. The van der Waals surface area contributed by atoms with Crippen LogP contribution in [-0.2, 0) is 0 Å². The minimum atomic E-state index is 0.195. The molecule has 0 saturated heterocycles. The summed E-state index contributed by atoms with van der Waals surface area (Å²) < 4.78 is 5.32. The second kappa shape index (κ2) is 4.94. The zero-order chi connectivity index (χ0) is 15.0. The minimum absolute atomic E-state index is 0.195. The maximum absolute atomic E-state index is 9.30. The molecular weight excluding hydrogens is 266 g/mol. The first-order valence-electron chi connectivity index (χ1n) is 6.55. The lowest BCUT2D eigenvalue weighted by Crippen LogP contribution is -1.95. The summed E-state index contributed by atoms with van der Waals surface area (Å²) in [7, 11) is 0. The van der Waals surface area contributed by atoms with Crippen molar-refractivity contribution < 1.29 is 9.63 Å². The largest absolute Gasteiger partial charge is 0.508 e. The van der Waals surface area contributed by atoms with Crippen molar-refractivity contribution >= 4 is 5.69 Å². The number of hydrogen-bond donors (Lipinski definition) is 2. The van der Waals surface area contributed by atoms with Gasteiger partial charge in [0.15, 0.2) is 0 Å². The fraction of sp³-hybridized carbons (Fsp3) is 0.125. The van der Waals surface area contributed by atoms with Gasteiger partial charge in [-0.05, 0) is 55.3 Å². The maximum Gasteiger partial charge on any atom is 0.260 e. The van der Waals surface area contributed by atoms with Gasteiger partial charge >= 0.3 is 0 Å². The molecule has 1 heterocycles. The van der Waals surface area contributed by atoms with Crippen LogP contribution in [0.2, 0.25) is 0 Å². The summed E-state index contributed by atoms with van der Waals surface area (Å²) in [6.07, 6.45) is 0. The molecule has 0 bridgehead atoms. The number of rotatable bonds is 2. The van der Waals surface area contributed by atoms with Crippen molar-refractivity contribution in [2.75, 3.05) is 5.73 Å². The van der Waals surface area contributed by atoms with Gasteiger partial charge in [0, 0.05) is 11.3 Å². The molecule has 0 spiro atoms. The highest BCUT2D eigenvalue weighted by Gasteiger charge is 2.14. The van der Waals surface area contributed by atoms with Crippen molar-refractivity contribution in [3.8, 4) is 28.6 Å². The summed E-state index contributed by atoms with van der Waals surface area (Å²) in [5.74, 6) is 1.05. The monoisotopic (exact) mass is 281 g/mol. The van der Waals surface area contributed by atoms with Crippen molar-refractivity contribution in [1.29, 1.82) is 0 Å². The van der Waals surface area contributed by atoms with Gasteiger partial charge in [0.2, 0.25) is 5.82 Å². The molecule has 1 aromatic heterocycles. The molecule has 3 N–H and O–H groups in total. The van der Waals surface area contributed by atoms with E-state index >= 15 is 0 Å². The Morgan fingerprint density at radius 1 is 1.10 bits per heavy atom. The number of aryl methyl sites for hydroxylation is 2. The number of nitrogens with two attached hydrogens (primary N) is 1. The first kappa shape index (κ1) is 13.2. The number of aromatic hydroxyl groups is 1. The van der Waals surface area contributed by atoms with Crippen molar-refractivity contribution in [3.63, 3.8) is 0 Å². The molecule has 3 aromatic rings. The Labute approximate surface area is 122 Å². The highest BCUT2D eigenvalue weighted by molar-refractivity contribution is 5.75. The predicted octanol–water partition coefficient (Wildman–Crippen LogP) is 3.31. The van der Waals surface area contributed by atoms with Gasteiger partial charge in [0.25, 0.3) is 5.89 Å². The fourth-order valence-corrected chi connectivity index (χ4v) is 2.22. The lowest BCUT2D eigenvalue weighted by molar-refractivity contribution is 0.432.